The molecule has 164 valence electrons. The van der Waals surface area contributed by atoms with E-state index in [1.165, 1.54) is 22.9 Å². The van der Waals surface area contributed by atoms with Gasteiger partial charge in [0.15, 0.2) is 0 Å². The number of anilines is 1. The van der Waals surface area contributed by atoms with Crippen LogP contribution in [0.3, 0.4) is 0 Å². The van der Waals surface area contributed by atoms with Gasteiger partial charge in [-0.1, -0.05) is 18.7 Å². The molecule has 3 atom stereocenters. The van der Waals surface area contributed by atoms with Crippen molar-refractivity contribution in [2.24, 2.45) is 17.6 Å². The van der Waals surface area contributed by atoms with Crippen LogP contribution in [0.5, 0.6) is 0 Å². The highest BCUT2D eigenvalue weighted by Crippen LogP contribution is 2.50. The fourth-order valence-electron chi connectivity index (χ4n) is 4.62. The Hall–Kier alpha value is -3.30. The largest absolute Gasteiger partial charge is 0.416 e. The number of nitrogens with zero attached hydrogens (tertiary/aromatic N) is 3. The van der Waals surface area contributed by atoms with Crippen LogP contribution in [0, 0.1) is 11.8 Å². The molecule has 0 spiro atoms. The second kappa shape index (κ2) is 7.44. The van der Waals surface area contributed by atoms with E-state index in [0.29, 0.717) is 24.6 Å². The van der Waals surface area contributed by atoms with Crippen molar-refractivity contribution in [3.8, 4) is 11.3 Å². The summed E-state index contributed by atoms with van der Waals surface area (Å²) in [5.41, 5.74) is 11.4. The van der Waals surface area contributed by atoms with Crippen molar-refractivity contribution in [3.63, 3.8) is 0 Å². The topological polar surface area (TPSA) is 107 Å². The van der Waals surface area contributed by atoms with E-state index < -0.39 is 17.6 Å². The average Bonchev–Trinajstić information content (AvgIpc) is 3.04. The summed E-state index contributed by atoms with van der Waals surface area (Å²) in [4.78, 5) is 25.8. The first-order chi connectivity index (χ1) is 14.6. The maximum absolute atomic E-state index is 12.9. The fraction of sp³-hybridized carbons (Fsp3) is 0.381. The number of carbonyl (C=O) groups is 2. The van der Waals surface area contributed by atoms with Gasteiger partial charge in [-0.3, -0.25) is 9.59 Å². The Morgan fingerprint density at radius 2 is 1.90 bits per heavy atom. The molecule has 2 aromatic rings. The highest BCUT2D eigenvalue weighted by Gasteiger charge is 2.47. The van der Waals surface area contributed by atoms with E-state index >= 15 is 0 Å². The highest BCUT2D eigenvalue weighted by atomic mass is 19.4. The van der Waals surface area contributed by atoms with E-state index in [9.17, 15) is 22.8 Å². The molecule has 2 amide bonds. The van der Waals surface area contributed by atoms with Gasteiger partial charge in [-0.25, -0.2) is 4.68 Å². The lowest BCUT2D eigenvalue weighted by molar-refractivity contribution is -0.137. The predicted molar refractivity (Wildman–Crippen MR) is 108 cm³/mol. The van der Waals surface area contributed by atoms with E-state index in [1.807, 2.05) is 0 Å². The van der Waals surface area contributed by atoms with Crippen molar-refractivity contribution in [2.75, 3.05) is 18.8 Å². The maximum Gasteiger partial charge on any atom is 0.416 e. The molecule has 1 aliphatic heterocycles. The minimum Gasteiger partial charge on any atom is -0.383 e. The number of hydrogen-bond acceptors (Lipinski definition) is 4. The molecule has 2 aliphatic rings. The molecular formula is C21H22F3N5O2. The summed E-state index contributed by atoms with van der Waals surface area (Å²) < 4.78 is 40.2. The number of alkyl halides is 3. The van der Waals surface area contributed by atoms with Crippen LogP contribution in [0.15, 0.2) is 36.9 Å². The molecule has 1 aromatic heterocycles. The lowest BCUT2D eigenvalue weighted by atomic mass is 9.65. The van der Waals surface area contributed by atoms with Crippen LogP contribution in [-0.2, 0) is 11.0 Å². The molecular weight excluding hydrogens is 411 g/mol. The molecule has 1 saturated heterocycles. The van der Waals surface area contributed by atoms with Gasteiger partial charge in [0.2, 0.25) is 5.91 Å². The second-order valence-electron chi connectivity index (χ2n) is 8.00. The minimum atomic E-state index is -4.47. The zero-order chi connectivity index (χ0) is 22.5. The SMILES string of the molecule is C=CC(=O)N1CC[C@H]2C[C@H](n3nc(-c4ccc(C(F)(F)F)cc4)c(C(N)=O)c3N)C2C1. The second-order valence-corrected chi connectivity index (χ2v) is 8.00. The van der Waals surface area contributed by atoms with E-state index in [4.69, 9.17) is 11.5 Å². The quantitative estimate of drug-likeness (QED) is 0.723. The van der Waals surface area contributed by atoms with Crippen molar-refractivity contribution in [2.45, 2.75) is 25.1 Å². The molecule has 0 radical (unpaired) electrons. The lowest BCUT2D eigenvalue weighted by Gasteiger charge is -2.50. The Morgan fingerprint density at radius 1 is 1.23 bits per heavy atom. The molecule has 0 bridgehead atoms. The minimum absolute atomic E-state index is 0.0157. The van der Waals surface area contributed by atoms with Crippen LogP contribution in [0.2, 0.25) is 0 Å². The zero-order valence-corrected chi connectivity index (χ0v) is 16.6. The van der Waals surface area contributed by atoms with Crippen molar-refractivity contribution in [1.29, 1.82) is 0 Å². The summed E-state index contributed by atoms with van der Waals surface area (Å²) in [6, 6.07) is 4.21. The number of carbonyl (C=O) groups excluding carboxylic acids is 2. The summed E-state index contributed by atoms with van der Waals surface area (Å²) in [6.07, 6.45) is -1.54. The summed E-state index contributed by atoms with van der Waals surface area (Å²) in [5, 5.41) is 4.48. The molecule has 7 nitrogen and oxygen atoms in total. The number of amides is 2. The van der Waals surface area contributed by atoms with Gasteiger partial charge in [0.25, 0.3) is 5.91 Å². The Morgan fingerprint density at radius 3 is 2.48 bits per heavy atom. The number of hydrogen-bond donors (Lipinski definition) is 2. The smallest absolute Gasteiger partial charge is 0.383 e. The number of piperidine rings is 1. The molecule has 2 fully saturated rings. The standard InChI is InChI=1S/C21H22F3N5O2/c1-2-16(30)28-8-7-12-9-15(14(12)10-28)29-19(25)17(20(26)31)18(27-29)11-3-5-13(6-4-11)21(22,23)24/h2-6,12,14-15H,1,7-10,25H2,(H2,26,31)/t12-,14?,15-/m0/s1. The Kier molecular flexibility index (Phi) is 5.03. The lowest BCUT2D eigenvalue weighted by Crippen LogP contribution is -2.52. The van der Waals surface area contributed by atoms with Gasteiger partial charge in [0.05, 0.1) is 11.6 Å². The van der Waals surface area contributed by atoms with E-state index in [-0.39, 0.29) is 34.9 Å². The number of rotatable bonds is 4. The maximum atomic E-state index is 12.9. The third-order valence-corrected chi connectivity index (χ3v) is 6.32. The number of likely N-dealkylation sites (tertiary alicyclic amines) is 1. The van der Waals surface area contributed by atoms with E-state index in [0.717, 1.165) is 25.0 Å². The van der Waals surface area contributed by atoms with Gasteiger partial charge in [-0.15, -0.1) is 0 Å². The summed E-state index contributed by atoms with van der Waals surface area (Å²) in [6.45, 7) is 4.72. The van der Waals surface area contributed by atoms with Gasteiger partial charge >= 0.3 is 6.18 Å². The number of benzene rings is 1. The first-order valence-electron chi connectivity index (χ1n) is 9.88. The first kappa shape index (κ1) is 21.0. The number of aromatic nitrogens is 2. The van der Waals surface area contributed by atoms with Crippen molar-refractivity contribution in [3.05, 3.63) is 48.0 Å². The summed E-state index contributed by atoms with van der Waals surface area (Å²) >= 11 is 0. The van der Waals surface area contributed by atoms with Crippen LogP contribution in [0.4, 0.5) is 19.0 Å². The highest BCUT2D eigenvalue weighted by molar-refractivity contribution is 6.03. The molecule has 1 saturated carbocycles. The first-order valence-corrected chi connectivity index (χ1v) is 9.88. The zero-order valence-electron chi connectivity index (χ0n) is 16.6. The molecule has 4 N–H and O–H groups in total. The summed E-state index contributed by atoms with van der Waals surface area (Å²) in [7, 11) is 0. The van der Waals surface area contributed by atoms with Crippen LogP contribution < -0.4 is 11.5 Å². The van der Waals surface area contributed by atoms with E-state index in [2.05, 4.69) is 11.7 Å². The molecule has 4 rings (SSSR count). The van der Waals surface area contributed by atoms with E-state index in [1.54, 1.807) is 4.90 Å². The normalized spacial score (nSPS) is 23.1. The molecule has 31 heavy (non-hydrogen) atoms. The molecule has 10 heteroatoms. The van der Waals surface area contributed by atoms with Crippen molar-refractivity contribution in [1.82, 2.24) is 14.7 Å². The van der Waals surface area contributed by atoms with Crippen LogP contribution >= 0.6 is 0 Å². The van der Waals surface area contributed by atoms with Crippen molar-refractivity contribution >= 4 is 17.6 Å². The predicted octanol–water partition coefficient (Wildman–Crippen LogP) is 2.85. The van der Waals surface area contributed by atoms with Crippen LogP contribution in [-0.4, -0.2) is 39.6 Å². The van der Waals surface area contributed by atoms with Gasteiger partial charge in [0.1, 0.15) is 17.1 Å². The van der Waals surface area contributed by atoms with Gasteiger partial charge < -0.3 is 16.4 Å². The molecule has 1 aliphatic carbocycles. The fourth-order valence-corrected chi connectivity index (χ4v) is 4.62. The van der Waals surface area contributed by atoms with Crippen LogP contribution in [0.1, 0.15) is 34.8 Å². The average molecular weight is 433 g/mol. The Labute approximate surface area is 176 Å². The van der Waals surface area contributed by atoms with Gasteiger partial charge in [-0.05, 0) is 37.0 Å². The van der Waals surface area contributed by atoms with Gasteiger partial charge in [-0.2, -0.15) is 18.3 Å². The number of nitrogen functional groups attached to an aromatic ring is 1. The number of halogens is 3. The number of primary amides is 1. The molecule has 1 aromatic carbocycles. The van der Waals surface area contributed by atoms with Gasteiger partial charge in [0, 0.05) is 24.6 Å². The number of fused-ring (bicyclic) bond motifs is 1. The van der Waals surface area contributed by atoms with Crippen LogP contribution in [0.25, 0.3) is 11.3 Å². The Bertz CT molecular complexity index is 1040. The summed E-state index contributed by atoms with van der Waals surface area (Å²) in [5.74, 6) is -0.338. The molecule has 1 unspecified atom stereocenters. The third-order valence-electron chi connectivity index (χ3n) is 6.32. The Balaban J connectivity index is 1.67. The van der Waals surface area contributed by atoms with Crippen molar-refractivity contribution < 1.29 is 22.8 Å². The molecule has 2 heterocycles. The number of nitrogens with two attached hydrogens (primary N) is 2. The third kappa shape index (κ3) is 3.55. The monoisotopic (exact) mass is 433 g/mol.